The zero-order valence-corrected chi connectivity index (χ0v) is 11.4. The van der Waals surface area contributed by atoms with Crippen molar-refractivity contribution >= 4 is 0 Å². The van der Waals surface area contributed by atoms with Crippen molar-refractivity contribution in [3.63, 3.8) is 0 Å². The molecule has 0 amide bonds. The van der Waals surface area contributed by atoms with Crippen molar-refractivity contribution in [1.29, 1.82) is 0 Å². The Hall–Kier alpha value is -2.08. The number of hydrogen-bond donors (Lipinski definition) is 1. The number of aromatic nitrogens is 4. The van der Waals surface area contributed by atoms with Crippen LogP contribution >= 0.6 is 0 Å². The van der Waals surface area contributed by atoms with E-state index in [4.69, 9.17) is 0 Å². The van der Waals surface area contributed by atoms with E-state index in [-0.39, 0.29) is 11.5 Å². The van der Waals surface area contributed by atoms with Gasteiger partial charge in [-0.15, -0.1) is 0 Å². The Morgan fingerprint density at radius 1 is 1.40 bits per heavy atom. The molecule has 0 spiro atoms. The number of nitrogens with one attached hydrogen (secondary N) is 1. The van der Waals surface area contributed by atoms with Crippen molar-refractivity contribution in [3.05, 3.63) is 40.7 Å². The predicted molar refractivity (Wildman–Crippen MR) is 75.4 cm³/mol. The topological polar surface area (TPSA) is 72.7 Å². The summed E-state index contributed by atoms with van der Waals surface area (Å²) in [5.74, 6) is 1.58. The quantitative estimate of drug-likeness (QED) is 0.874. The molecule has 3 rings (SSSR count). The molecule has 6 heteroatoms. The van der Waals surface area contributed by atoms with Crippen molar-refractivity contribution in [2.45, 2.75) is 25.8 Å². The minimum Gasteiger partial charge on any atom is -0.314 e. The lowest BCUT2D eigenvalue weighted by atomic mass is 10.1. The molecule has 0 radical (unpaired) electrons. The Morgan fingerprint density at radius 3 is 2.95 bits per heavy atom. The van der Waals surface area contributed by atoms with E-state index in [1.807, 2.05) is 0 Å². The molecule has 0 saturated carbocycles. The SMILES string of the molecule is CCC1CNCCn2c1nc(-c1ncccn1)cc2=O. The summed E-state index contributed by atoms with van der Waals surface area (Å²) >= 11 is 0. The summed E-state index contributed by atoms with van der Waals surface area (Å²) in [6.45, 7) is 4.42. The number of hydrogen-bond acceptors (Lipinski definition) is 5. The Bertz CT molecular complexity index is 652. The van der Waals surface area contributed by atoms with Crippen LogP contribution in [0.15, 0.2) is 29.3 Å². The summed E-state index contributed by atoms with van der Waals surface area (Å²) in [6.07, 6.45) is 4.26. The maximum Gasteiger partial charge on any atom is 0.254 e. The second kappa shape index (κ2) is 5.50. The molecule has 0 saturated heterocycles. The van der Waals surface area contributed by atoms with E-state index in [1.54, 1.807) is 23.0 Å². The van der Waals surface area contributed by atoms with Crippen LogP contribution in [0.25, 0.3) is 11.5 Å². The summed E-state index contributed by atoms with van der Waals surface area (Å²) < 4.78 is 1.76. The molecule has 1 unspecified atom stereocenters. The van der Waals surface area contributed by atoms with Gasteiger partial charge in [-0.3, -0.25) is 9.36 Å². The molecule has 104 valence electrons. The standard InChI is InChI=1S/C14H17N5O/c1-2-10-9-15-6-7-19-12(20)8-11(18-14(10)19)13-16-4-3-5-17-13/h3-5,8,10,15H,2,6-7,9H2,1H3. The van der Waals surface area contributed by atoms with Gasteiger partial charge < -0.3 is 5.32 Å². The normalized spacial score (nSPS) is 18.4. The van der Waals surface area contributed by atoms with Gasteiger partial charge in [-0.2, -0.15) is 0 Å². The summed E-state index contributed by atoms with van der Waals surface area (Å²) in [4.78, 5) is 25.3. The minimum atomic E-state index is -0.0281. The van der Waals surface area contributed by atoms with E-state index in [9.17, 15) is 4.79 Å². The molecule has 3 heterocycles. The van der Waals surface area contributed by atoms with E-state index < -0.39 is 0 Å². The first kappa shape index (κ1) is 12.9. The maximum absolute atomic E-state index is 12.3. The molecule has 1 aliphatic rings. The van der Waals surface area contributed by atoms with Gasteiger partial charge in [0.1, 0.15) is 11.5 Å². The average Bonchev–Trinajstić information content (AvgIpc) is 2.70. The van der Waals surface area contributed by atoms with E-state index in [1.165, 1.54) is 6.07 Å². The fourth-order valence-corrected chi connectivity index (χ4v) is 2.49. The molecular weight excluding hydrogens is 254 g/mol. The first-order valence-electron chi connectivity index (χ1n) is 6.89. The average molecular weight is 271 g/mol. The van der Waals surface area contributed by atoms with Gasteiger partial charge in [-0.25, -0.2) is 15.0 Å². The van der Waals surface area contributed by atoms with Gasteiger partial charge >= 0.3 is 0 Å². The molecule has 1 N–H and O–H groups in total. The monoisotopic (exact) mass is 271 g/mol. The molecule has 2 aromatic heterocycles. The van der Waals surface area contributed by atoms with Crippen LogP contribution in [0.1, 0.15) is 25.1 Å². The van der Waals surface area contributed by atoms with Gasteiger partial charge in [0.25, 0.3) is 5.56 Å². The summed E-state index contributed by atoms with van der Waals surface area (Å²) in [6, 6.07) is 3.27. The van der Waals surface area contributed by atoms with Gasteiger partial charge in [0.05, 0.1) is 0 Å². The summed E-state index contributed by atoms with van der Waals surface area (Å²) in [7, 11) is 0. The van der Waals surface area contributed by atoms with Gasteiger partial charge in [-0.05, 0) is 12.5 Å². The number of rotatable bonds is 2. The molecule has 0 bridgehead atoms. The summed E-state index contributed by atoms with van der Waals surface area (Å²) in [5, 5.41) is 3.35. The molecule has 0 aromatic carbocycles. The van der Waals surface area contributed by atoms with Crippen LogP contribution in [0.2, 0.25) is 0 Å². The van der Waals surface area contributed by atoms with E-state index in [0.717, 1.165) is 25.3 Å². The first-order valence-corrected chi connectivity index (χ1v) is 6.89. The Balaban J connectivity index is 2.15. The molecule has 2 aromatic rings. The lowest BCUT2D eigenvalue weighted by Crippen LogP contribution is -2.26. The second-order valence-corrected chi connectivity index (χ2v) is 4.87. The summed E-state index contributed by atoms with van der Waals surface area (Å²) in [5.41, 5.74) is 0.529. The van der Waals surface area contributed by atoms with Crippen LogP contribution < -0.4 is 10.9 Å². The third-order valence-corrected chi connectivity index (χ3v) is 3.59. The highest BCUT2D eigenvalue weighted by molar-refractivity contribution is 5.47. The zero-order valence-electron chi connectivity index (χ0n) is 11.4. The Kier molecular flexibility index (Phi) is 3.56. The van der Waals surface area contributed by atoms with Crippen LogP contribution in [0.3, 0.4) is 0 Å². The van der Waals surface area contributed by atoms with Crippen molar-refractivity contribution in [3.8, 4) is 11.5 Å². The Labute approximate surface area is 116 Å². The third kappa shape index (κ3) is 2.34. The molecule has 0 aliphatic carbocycles. The minimum absolute atomic E-state index is 0.0281. The van der Waals surface area contributed by atoms with Crippen LogP contribution in [0, 0.1) is 0 Å². The van der Waals surface area contributed by atoms with Crippen LogP contribution in [-0.4, -0.2) is 32.6 Å². The molecule has 1 atom stereocenters. The number of fused-ring (bicyclic) bond motifs is 1. The lowest BCUT2D eigenvalue weighted by Gasteiger charge is -2.15. The van der Waals surface area contributed by atoms with Crippen LogP contribution in [-0.2, 0) is 6.54 Å². The predicted octanol–water partition coefficient (Wildman–Crippen LogP) is 0.797. The number of nitrogens with zero attached hydrogens (tertiary/aromatic N) is 4. The van der Waals surface area contributed by atoms with Gasteiger partial charge in [0.15, 0.2) is 5.82 Å². The fraction of sp³-hybridized carbons (Fsp3) is 0.429. The fourth-order valence-electron chi connectivity index (χ4n) is 2.49. The molecule has 6 nitrogen and oxygen atoms in total. The highest BCUT2D eigenvalue weighted by Gasteiger charge is 2.21. The maximum atomic E-state index is 12.3. The van der Waals surface area contributed by atoms with Crippen LogP contribution in [0.5, 0.6) is 0 Å². The van der Waals surface area contributed by atoms with Crippen molar-refractivity contribution in [2.75, 3.05) is 13.1 Å². The van der Waals surface area contributed by atoms with Crippen molar-refractivity contribution < 1.29 is 0 Å². The van der Waals surface area contributed by atoms with E-state index in [0.29, 0.717) is 18.1 Å². The highest BCUT2D eigenvalue weighted by atomic mass is 16.1. The second-order valence-electron chi connectivity index (χ2n) is 4.87. The van der Waals surface area contributed by atoms with Gasteiger partial charge in [0, 0.05) is 44.0 Å². The highest BCUT2D eigenvalue weighted by Crippen LogP contribution is 2.19. The first-order chi connectivity index (χ1) is 9.79. The smallest absolute Gasteiger partial charge is 0.254 e. The molecule has 0 fully saturated rings. The van der Waals surface area contributed by atoms with Crippen LogP contribution in [0.4, 0.5) is 0 Å². The van der Waals surface area contributed by atoms with Gasteiger partial charge in [-0.1, -0.05) is 6.92 Å². The lowest BCUT2D eigenvalue weighted by molar-refractivity contribution is 0.577. The van der Waals surface area contributed by atoms with E-state index in [2.05, 4.69) is 27.2 Å². The van der Waals surface area contributed by atoms with Crippen molar-refractivity contribution in [2.24, 2.45) is 0 Å². The van der Waals surface area contributed by atoms with Gasteiger partial charge in [0.2, 0.25) is 0 Å². The molecular formula is C14H17N5O. The third-order valence-electron chi connectivity index (χ3n) is 3.59. The molecule has 1 aliphatic heterocycles. The molecule has 20 heavy (non-hydrogen) atoms. The Morgan fingerprint density at radius 2 is 2.20 bits per heavy atom. The largest absolute Gasteiger partial charge is 0.314 e. The zero-order chi connectivity index (χ0) is 13.9. The van der Waals surface area contributed by atoms with E-state index >= 15 is 0 Å². The van der Waals surface area contributed by atoms with Crippen molar-refractivity contribution in [1.82, 2.24) is 24.8 Å².